The highest BCUT2D eigenvalue weighted by Gasteiger charge is 2.07. The second-order valence-corrected chi connectivity index (χ2v) is 3.46. The molecule has 0 saturated heterocycles. The van der Waals surface area contributed by atoms with E-state index in [0.717, 1.165) is 11.4 Å². The third kappa shape index (κ3) is 1.25. The van der Waals surface area contributed by atoms with E-state index in [1.54, 1.807) is 19.1 Å². The molecule has 2 rings (SSSR count). The van der Waals surface area contributed by atoms with Gasteiger partial charge in [-0.05, 0) is 32.4 Å². The fourth-order valence-electron chi connectivity index (χ4n) is 1.36. The van der Waals surface area contributed by atoms with Gasteiger partial charge in [0.2, 0.25) is 0 Å². The normalized spacial score (nSPS) is 10.9. The minimum absolute atomic E-state index is 0.266. The molecule has 0 radical (unpaired) electrons. The van der Waals surface area contributed by atoms with Crippen molar-refractivity contribution in [1.82, 2.24) is 9.97 Å². The van der Waals surface area contributed by atoms with Gasteiger partial charge < -0.3 is 0 Å². The number of fused-ring (bicyclic) bond motifs is 1. The Balaban J connectivity index is 2.89. The lowest BCUT2D eigenvalue weighted by Crippen LogP contribution is -1.96. The summed E-state index contributed by atoms with van der Waals surface area (Å²) in [7, 11) is 0. The molecule has 0 saturated carbocycles. The standard InChI is InChI=1S/C11H11FN2/c1-6-4-5-9-11(10(6)12)14-8(3)7(2)13-9/h4-5H,1-3H3. The van der Waals surface area contributed by atoms with Gasteiger partial charge in [0, 0.05) is 0 Å². The molecule has 72 valence electrons. The Morgan fingerprint density at radius 3 is 2.36 bits per heavy atom. The van der Waals surface area contributed by atoms with E-state index in [1.807, 2.05) is 13.8 Å². The summed E-state index contributed by atoms with van der Waals surface area (Å²) in [6, 6.07) is 3.52. The van der Waals surface area contributed by atoms with Gasteiger partial charge in [0.05, 0.1) is 16.9 Å². The van der Waals surface area contributed by atoms with Crippen molar-refractivity contribution in [1.29, 1.82) is 0 Å². The first-order valence-corrected chi connectivity index (χ1v) is 4.49. The number of aryl methyl sites for hydroxylation is 3. The molecule has 0 N–H and O–H groups in total. The highest BCUT2D eigenvalue weighted by atomic mass is 19.1. The van der Waals surface area contributed by atoms with Crippen molar-refractivity contribution in [2.45, 2.75) is 20.8 Å². The molecule has 0 bridgehead atoms. The average Bonchev–Trinajstić information content (AvgIpc) is 2.15. The maximum atomic E-state index is 13.6. The van der Waals surface area contributed by atoms with Crippen LogP contribution in [0.25, 0.3) is 11.0 Å². The molecule has 2 nitrogen and oxygen atoms in total. The summed E-state index contributed by atoms with van der Waals surface area (Å²) in [4.78, 5) is 8.47. The van der Waals surface area contributed by atoms with Crippen molar-refractivity contribution in [3.05, 3.63) is 34.9 Å². The highest BCUT2D eigenvalue weighted by Crippen LogP contribution is 2.18. The highest BCUT2D eigenvalue weighted by molar-refractivity contribution is 5.76. The lowest BCUT2D eigenvalue weighted by molar-refractivity contribution is 0.626. The van der Waals surface area contributed by atoms with Crippen LogP contribution in [0, 0.1) is 26.6 Å². The van der Waals surface area contributed by atoms with E-state index >= 15 is 0 Å². The summed E-state index contributed by atoms with van der Waals surface area (Å²) in [5, 5.41) is 0. The molecule has 0 aliphatic carbocycles. The van der Waals surface area contributed by atoms with Gasteiger partial charge in [-0.3, -0.25) is 0 Å². The Bertz CT molecular complexity index is 506. The maximum absolute atomic E-state index is 13.6. The van der Waals surface area contributed by atoms with Gasteiger partial charge in [-0.15, -0.1) is 0 Å². The lowest BCUT2D eigenvalue weighted by atomic mass is 10.2. The molecule has 1 aromatic heterocycles. The summed E-state index contributed by atoms with van der Waals surface area (Å²) in [6.45, 7) is 5.44. The van der Waals surface area contributed by atoms with Crippen LogP contribution < -0.4 is 0 Å². The molecule has 14 heavy (non-hydrogen) atoms. The molecule has 0 amide bonds. The van der Waals surface area contributed by atoms with E-state index in [2.05, 4.69) is 9.97 Å². The van der Waals surface area contributed by atoms with E-state index in [-0.39, 0.29) is 5.82 Å². The molecule has 0 atom stereocenters. The van der Waals surface area contributed by atoms with E-state index in [1.165, 1.54) is 0 Å². The van der Waals surface area contributed by atoms with Gasteiger partial charge in [0.15, 0.2) is 5.82 Å². The molecule has 0 aliphatic rings. The second-order valence-electron chi connectivity index (χ2n) is 3.46. The monoisotopic (exact) mass is 190 g/mol. The fourth-order valence-corrected chi connectivity index (χ4v) is 1.36. The number of rotatable bonds is 0. The number of hydrogen-bond acceptors (Lipinski definition) is 2. The van der Waals surface area contributed by atoms with Gasteiger partial charge in [-0.1, -0.05) is 6.07 Å². The van der Waals surface area contributed by atoms with Crippen LogP contribution in [0.1, 0.15) is 17.0 Å². The van der Waals surface area contributed by atoms with E-state index < -0.39 is 0 Å². The molecule has 0 fully saturated rings. The Labute approximate surface area is 81.8 Å². The van der Waals surface area contributed by atoms with Crippen molar-refractivity contribution in [2.75, 3.05) is 0 Å². The number of nitrogens with zero attached hydrogens (tertiary/aromatic N) is 2. The Kier molecular flexibility index (Phi) is 1.95. The zero-order chi connectivity index (χ0) is 10.3. The molecule has 1 heterocycles. The van der Waals surface area contributed by atoms with Crippen LogP contribution in [0.5, 0.6) is 0 Å². The molecule has 0 spiro atoms. The fraction of sp³-hybridized carbons (Fsp3) is 0.273. The predicted octanol–water partition coefficient (Wildman–Crippen LogP) is 2.69. The number of benzene rings is 1. The topological polar surface area (TPSA) is 25.8 Å². The molecular formula is C11H11FN2. The summed E-state index contributed by atoms with van der Waals surface area (Å²) in [5.41, 5.74) is 3.22. The Morgan fingerprint density at radius 1 is 1.00 bits per heavy atom. The van der Waals surface area contributed by atoms with Crippen molar-refractivity contribution >= 4 is 11.0 Å². The van der Waals surface area contributed by atoms with Crippen LogP contribution in [0.4, 0.5) is 4.39 Å². The summed E-state index contributed by atoms with van der Waals surface area (Å²) in [5.74, 6) is -0.266. The molecule has 3 heteroatoms. The zero-order valence-corrected chi connectivity index (χ0v) is 8.43. The first-order valence-electron chi connectivity index (χ1n) is 4.49. The SMILES string of the molecule is Cc1ccc2nc(C)c(C)nc2c1F. The van der Waals surface area contributed by atoms with Gasteiger partial charge in [0.1, 0.15) is 5.52 Å². The van der Waals surface area contributed by atoms with Gasteiger partial charge >= 0.3 is 0 Å². The van der Waals surface area contributed by atoms with Crippen molar-refractivity contribution < 1.29 is 4.39 Å². The van der Waals surface area contributed by atoms with Gasteiger partial charge in [-0.25, -0.2) is 14.4 Å². The summed E-state index contributed by atoms with van der Waals surface area (Å²) in [6.07, 6.45) is 0. The molecule has 1 aromatic carbocycles. The smallest absolute Gasteiger partial charge is 0.153 e. The van der Waals surface area contributed by atoms with Crippen LogP contribution in [-0.2, 0) is 0 Å². The number of halogens is 1. The van der Waals surface area contributed by atoms with E-state index in [4.69, 9.17) is 0 Å². The summed E-state index contributed by atoms with van der Waals surface area (Å²) < 4.78 is 13.6. The van der Waals surface area contributed by atoms with E-state index in [0.29, 0.717) is 16.6 Å². The largest absolute Gasteiger partial charge is 0.249 e. The van der Waals surface area contributed by atoms with Gasteiger partial charge in [0.25, 0.3) is 0 Å². The third-order valence-corrected chi connectivity index (χ3v) is 2.38. The molecule has 2 aromatic rings. The first kappa shape index (κ1) is 9.06. The number of aromatic nitrogens is 2. The van der Waals surface area contributed by atoms with Crippen LogP contribution in [0.3, 0.4) is 0 Å². The van der Waals surface area contributed by atoms with E-state index in [9.17, 15) is 4.39 Å². The second kappa shape index (κ2) is 3.01. The van der Waals surface area contributed by atoms with Crippen molar-refractivity contribution in [2.24, 2.45) is 0 Å². The Hall–Kier alpha value is -1.51. The molecule has 0 unspecified atom stereocenters. The van der Waals surface area contributed by atoms with Crippen LogP contribution in [0.15, 0.2) is 12.1 Å². The zero-order valence-electron chi connectivity index (χ0n) is 8.43. The average molecular weight is 190 g/mol. The quantitative estimate of drug-likeness (QED) is 0.638. The van der Waals surface area contributed by atoms with Gasteiger partial charge in [-0.2, -0.15) is 0 Å². The summed E-state index contributed by atoms with van der Waals surface area (Å²) >= 11 is 0. The maximum Gasteiger partial charge on any atom is 0.153 e. The Morgan fingerprint density at radius 2 is 1.64 bits per heavy atom. The minimum Gasteiger partial charge on any atom is -0.249 e. The first-order chi connectivity index (χ1) is 6.59. The predicted molar refractivity (Wildman–Crippen MR) is 53.7 cm³/mol. The van der Waals surface area contributed by atoms with Crippen LogP contribution in [0.2, 0.25) is 0 Å². The molecule has 0 aliphatic heterocycles. The third-order valence-electron chi connectivity index (χ3n) is 2.38. The van der Waals surface area contributed by atoms with Crippen LogP contribution in [-0.4, -0.2) is 9.97 Å². The minimum atomic E-state index is -0.266. The van der Waals surface area contributed by atoms with Crippen molar-refractivity contribution in [3.8, 4) is 0 Å². The number of hydrogen-bond donors (Lipinski definition) is 0. The van der Waals surface area contributed by atoms with Crippen molar-refractivity contribution in [3.63, 3.8) is 0 Å². The lowest BCUT2D eigenvalue weighted by Gasteiger charge is -2.04. The van der Waals surface area contributed by atoms with Crippen LogP contribution >= 0.6 is 0 Å². The molecular weight excluding hydrogens is 179 g/mol.